The van der Waals surface area contributed by atoms with E-state index in [4.69, 9.17) is 9.72 Å². The van der Waals surface area contributed by atoms with Crippen molar-refractivity contribution in [2.24, 2.45) is 5.92 Å². The number of nitrogens with one attached hydrogen (secondary N) is 1. The van der Waals surface area contributed by atoms with Gasteiger partial charge in [-0.1, -0.05) is 25.2 Å². The molecule has 0 amide bonds. The molecule has 6 rings (SSSR count). The summed E-state index contributed by atoms with van der Waals surface area (Å²) in [5.74, 6) is 1.15. The first kappa shape index (κ1) is 22.9. The molecule has 0 aliphatic carbocycles. The molecule has 0 bridgehead atoms. The van der Waals surface area contributed by atoms with E-state index in [0.29, 0.717) is 5.92 Å². The summed E-state index contributed by atoms with van der Waals surface area (Å²) in [4.78, 5) is 19.6. The van der Waals surface area contributed by atoms with Gasteiger partial charge in [-0.15, -0.1) is 0 Å². The van der Waals surface area contributed by atoms with Gasteiger partial charge < -0.3 is 14.6 Å². The molecule has 8 nitrogen and oxygen atoms in total. The van der Waals surface area contributed by atoms with Crippen molar-refractivity contribution < 1.29 is 4.74 Å². The number of thiazole rings is 1. The van der Waals surface area contributed by atoms with Crippen LogP contribution in [0.2, 0.25) is 0 Å². The molecule has 0 aromatic carbocycles. The molecular formula is C26H35N7OS. The number of aromatic amines is 1. The molecule has 0 radical (unpaired) electrons. The monoisotopic (exact) mass is 493 g/mol. The van der Waals surface area contributed by atoms with Crippen molar-refractivity contribution in [1.29, 1.82) is 0 Å². The first-order valence-corrected chi connectivity index (χ1v) is 13.7. The molecule has 2 aliphatic heterocycles. The summed E-state index contributed by atoms with van der Waals surface area (Å²) in [6, 6.07) is 0. The zero-order valence-electron chi connectivity index (χ0n) is 21.2. The standard InChI is InChI=1S/C26H35N7OS/c1-16(2)21-22(20-14-33-24(27-15-28-33)18(4)17(20)3)29-25-23(21)30-26(35-25)32-9-7-31(8-10-32)13-19-5-11-34-12-6-19/h14-16,19,29H,5-13H2,1-4H3. The minimum Gasteiger partial charge on any atom is -0.381 e. The zero-order valence-corrected chi connectivity index (χ0v) is 22.0. The number of aromatic nitrogens is 5. The zero-order chi connectivity index (χ0) is 24.1. The van der Waals surface area contributed by atoms with E-state index in [1.165, 1.54) is 52.2 Å². The summed E-state index contributed by atoms with van der Waals surface area (Å²) in [7, 11) is 0. The normalized spacial score (nSPS) is 18.5. The molecule has 0 spiro atoms. The average Bonchev–Trinajstić information content (AvgIpc) is 3.57. The van der Waals surface area contributed by atoms with Crippen molar-refractivity contribution in [3.63, 3.8) is 0 Å². The number of piperazine rings is 1. The Labute approximate surface area is 210 Å². The first-order valence-electron chi connectivity index (χ1n) is 12.9. The molecule has 2 fully saturated rings. The highest BCUT2D eigenvalue weighted by atomic mass is 32.1. The number of pyridine rings is 1. The third-order valence-corrected chi connectivity index (χ3v) is 8.88. The fourth-order valence-electron chi connectivity index (χ4n) is 5.66. The topological polar surface area (TPSA) is 74.6 Å². The van der Waals surface area contributed by atoms with Crippen molar-refractivity contribution in [2.45, 2.75) is 46.5 Å². The highest BCUT2D eigenvalue weighted by Gasteiger charge is 2.26. The van der Waals surface area contributed by atoms with Crippen LogP contribution in [0.15, 0.2) is 12.5 Å². The van der Waals surface area contributed by atoms with Crippen molar-refractivity contribution >= 4 is 32.5 Å². The van der Waals surface area contributed by atoms with Crippen LogP contribution in [0.5, 0.6) is 0 Å². The number of rotatable bonds is 5. The first-order chi connectivity index (χ1) is 17.0. The van der Waals surface area contributed by atoms with Crippen molar-refractivity contribution in [3.05, 3.63) is 29.2 Å². The summed E-state index contributed by atoms with van der Waals surface area (Å²) in [6.45, 7) is 16.2. The van der Waals surface area contributed by atoms with Gasteiger partial charge in [0.25, 0.3) is 0 Å². The third-order valence-electron chi connectivity index (χ3n) is 7.85. The minimum absolute atomic E-state index is 0.358. The molecule has 1 N–H and O–H groups in total. The van der Waals surface area contributed by atoms with Crippen molar-refractivity contribution in [1.82, 2.24) is 29.5 Å². The molecule has 9 heteroatoms. The molecular weight excluding hydrogens is 458 g/mol. The molecule has 6 heterocycles. The SMILES string of the molecule is Cc1c(-c2[nH]c3sc(N4CCN(CC5CCOCC5)CC4)nc3c2C(C)C)cn2ncnc2c1C. The van der Waals surface area contributed by atoms with E-state index < -0.39 is 0 Å². The Bertz CT molecular complexity index is 1340. The predicted octanol–water partition coefficient (Wildman–Crippen LogP) is 4.62. The minimum atomic E-state index is 0.358. The van der Waals surface area contributed by atoms with Crippen LogP contribution in [0.3, 0.4) is 0 Å². The Morgan fingerprint density at radius 2 is 1.89 bits per heavy atom. The maximum Gasteiger partial charge on any atom is 0.187 e. The molecule has 0 saturated carbocycles. The number of nitrogens with zero attached hydrogens (tertiary/aromatic N) is 6. The predicted molar refractivity (Wildman–Crippen MR) is 142 cm³/mol. The summed E-state index contributed by atoms with van der Waals surface area (Å²) in [6.07, 6.45) is 6.14. The fourth-order valence-corrected chi connectivity index (χ4v) is 6.69. The van der Waals surface area contributed by atoms with E-state index in [9.17, 15) is 0 Å². The Balaban J connectivity index is 1.26. The van der Waals surface area contributed by atoms with E-state index in [1.54, 1.807) is 17.7 Å². The Morgan fingerprint density at radius 1 is 1.11 bits per heavy atom. The number of ether oxygens (including phenoxy) is 1. The van der Waals surface area contributed by atoms with Gasteiger partial charge in [-0.25, -0.2) is 14.5 Å². The average molecular weight is 494 g/mol. The number of hydrogen-bond acceptors (Lipinski definition) is 7. The highest BCUT2D eigenvalue weighted by Crippen LogP contribution is 2.41. The van der Waals surface area contributed by atoms with Crippen molar-refractivity contribution in [3.8, 4) is 11.3 Å². The van der Waals surface area contributed by atoms with E-state index in [-0.39, 0.29) is 0 Å². The van der Waals surface area contributed by atoms with Crippen LogP contribution in [0.1, 0.15) is 49.3 Å². The van der Waals surface area contributed by atoms with Crippen LogP contribution < -0.4 is 4.90 Å². The van der Waals surface area contributed by atoms with Gasteiger partial charge in [0.05, 0.1) is 5.69 Å². The number of hydrogen-bond donors (Lipinski definition) is 1. The molecule has 2 saturated heterocycles. The number of aryl methyl sites for hydroxylation is 1. The van der Waals surface area contributed by atoms with Gasteiger partial charge in [0.2, 0.25) is 0 Å². The molecule has 0 unspecified atom stereocenters. The second kappa shape index (κ2) is 9.19. The number of fused-ring (bicyclic) bond motifs is 2. The van der Waals surface area contributed by atoms with Gasteiger partial charge in [-0.05, 0) is 49.7 Å². The summed E-state index contributed by atoms with van der Waals surface area (Å²) in [5.41, 5.74) is 8.08. The molecule has 0 atom stereocenters. The van der Waals surface area contributed by atoms with Gasteiger partial charge in [-0.3, -0.25) is 4.90 Å². The lowest BCUT2D eigenvalue weighted by Crippen LogP contribution is -2.48. The molecule has 186 valence electrons. The summed E-state index contributed by atoms with van der Waals surface area (Å²) in [5, 5.41) is 5.55. The Hall–Kier alpha value is -2.49. The van der Waals surface area contributed by atoms with Gasteiger partial charge in [0.15, 0.2) is 10.8 Å². The fraction of sp³-hybridized carbons (Fsp3) is 0.577. The van der Waals surface area contributed by atoms with Gasteiger partial charge in [0, 0.05) is 63.3 Å². The maximum absolute atomic E-state index is 5.53. The third kappa shape index (κ3) is 4.13. The Morgan fingerprint density at radius 3 is 2.63 bits per heavy atom. The molecule has 2 aliphatic rings. The maximum atomic E-state index is 5.53. The lowest BCUT2D eigenvalue weighted by molar-refractivity contribution is 0.0517. The van der Waals surface area contributed by atoms with E-state index in [2.05, 4.69) is 58.8 Å². The lowest BCUT2D eigenvalue weighted by Gasteiger charge is -2.37. The van der Waals surface area contributed by atoms with Gasteiger partial charge in [0.1, 0.15) is 16.7 Å². The lowest BCUT2D eigenvalue weighted by atomic mass is 9.96. The molecule has 35 heavy (non-hydrogen) atoms. The summed E-state index contributed by atoms with van der Waals surface area (Å²) >= 11 is 1.79. The highest BCUT2D eigenvalue weighted by molar-refractivity contribution is 7.21. The smallest absolute Gasteiger partial charge is 0.187 e. The number of H-pyrrole nitrogens is 1. The largest absolute Gasteiger partial charge is 0.381 e. The van der Waals surface area contributed by atoms with Gasteiger partial charge in [-0.2, -0.15) is 5.10 Å². The van der Waals surface area contributed by atoms with Crippen LogP contribution in [0.4, 0.5) is 5.13 Å². The van der Waals surface area contributed by atoms with E-state index in [0.717, 1.165) is 61.6 Å². The molecule has 4 aromatic heterocycles. The Kier molecular flexibility index (Phi) is 6.02. The van der Waals surface area contributed by atoms with Crippen LogP contribution >= 0.6 is 11.3 Å². The second-order valence-corrected chi connectivity index (χ2v) is 11.4. The van der Waals surface area contributed by atoms with Crippen LogP contribution in [0, 0.1) is 19.8 Å². The number of anilines is 1. The van der Waals surface area contributed by atoms with Crippen LogP contribution in [-0.4, -0.2) is 75.4 Å². The van der Waals surface area contributed by atoms with E-state index in [1.807, 2.05) is 4.52 Å². The van der Waals surface area contributed by atoms with E-state index >= 15 is 0 Å². The van der Waals surface area contributed by atoms with Crippen LogP contribution in [-0.2, 0) is 4.74 Å². The second-order valence-electron chi connectivity index (χ2n) is 10.4. The van der Waals surface area contributed by atoms with Crippen molar-refractivity contribution in [2.75, 3.05) is 50.8 Å². The summed E-state index contributed by atoms with van der Waals surface area (Å²) < 4.78 is 7.42. The van der Waals surface area contributed by atoms with Crippen LogP contribution in [0.25, 0.3) is 27.3 Å². The quantitative estimate of drug-likeness (QED) is 0.437. The molecule has 4 aromatic rings. The van der Waals surface area contributed by atoms with Gasteiger partial charge >= 0.3 is 0 Å².